The number of aromatic nitrogens is 2. The van der Waals surface area contributed by atoms with E-state index in [0.717, 1.165) is 23.4 Å². The molecule has 3 rings (SSSR count). The molecule has 0 atom stereocenters. The quantitative estimate of drug-likeness (QED) is 0.453. The van der Waals surface area contributed by atoms with E-state index >= 15 is 0 Å². The van der Waals surface area contributed by atoms with Crippen molar-refractivity contribution in [3.05, 3.63) is 60.0 Å². The zero-order chi connectivity index (χ0) is 23.3. The number of aliphatic imine (C=N–C) groups is 2. The monoisotopic (exact) mass is 446 g/mol. The maximum atomic E-state index is 12.3. The van der Waals surface area contributed by atoms with Gasteiger partial charge < -0.3 is 19.9 Å². The first-order chi connectivity index (χ1) is 15.1. The van der Waals surface area contributed by atoms with Gasteiger partial charge in [-0.15, -0.1) is 13.2 Å². The third-order valence-corrected chi connectivity index (χ3v) is 4.19. The summed E-state index contributed by atoms with van der Waals surface area (Å²) in [5.74, 6) is 0.163. The number of anilines is 1. The Balaban J connectivity index is 1.68. The van der Waals surface area contributed by atoms with Crippen LogP contribution in [0.2, 0.25) is 0 Å². The van der Waals surface area contributed by atoms with Gasteiger partial charge in [-0.05, 0) is 48.9 Å². The van der Waals surface area contributed by atoms with E-state index in [1.807, 2.05) is 43.3 Å². The maximum Gasteiger partial charge on any atom is 0.573 e. The van der Waals surface area contributed by atoms with Crippen molar-refractivity contribution in [3.8, 4) is 17.1 Å². The van der Waals surface area contributed by atoms with E-state index in [2.05, 4.69) is 24.9 Å². The maximum absolute atomic E-state index is 12.3. The third-order valence-electron chi connectivity index (χ3n) is 4.19. The minimum absolute atomic E-state index is 0.0240. The summed E-state index contributed by atoms with van der Waals surface area (Å²) in [6.07, 6.45) is -4.76. The van der Waals surface area contributed by atoms with Gasteiger partial charge in [0.05, 0.1) is 6.54 Å². The summed E-state index contributed by atoms with van der Waals surface area (Å²) in [4.78, 5) is 14.7. The smallest absolute Gasteiger partial charge is 0.406 e. The first kappa shape index (κ1) is 22.8. The molecule has 0 radical (unpaired) electrons. The fourth-order valence-corrected chi connectivity index (χ4v) is 2.65. The summed E-state index contributed by atoms with van der Waals surface area (Å²) in [6, 6.07) is 13.0. The first-order valence-corrected chi connectivity index (χ1v) is 9.42. The number of nitrogens with two attached hydrogens (primary N) is 1. The second-order valence-corrected chi connectivity index (χ2v) is 6.92. The highest BCUT2D eigenvalue weighted by molar-refractivity contribution is 6.02. The Morgan fingerprint density at radius 3 is 2.53 bits per heavy atom. The molecule has 3 aromatic rings. The van der Waals surface area contributed by atoms with Crippen LogP contribution in [0.3, 0.4) is 0 Å². The molecule has 0 saturated heterocycles. The van der Waals surface area contributed by atoms with Crippen LogP contribution >= 0.6 is 0 Å². The Bertz CT molecular complexity index is 1120. The van der Waals surface area contributed by atoms with Gasteiger partial charge >= 0.3 is 6.36 Å². The molecule has 2 aromatic carbocycles. The highest BCUT2D eigenvalue weighted by atomic mass is 19.4. The minimum atomic E-state index is -4.76. The van der Waals surface area contributed by atoms with Crippen molar-refractivity contribution in [2.45, 2.75) is 19.8 Å². The molecule has 8 nitrogen and oxygen atoms in total. The number of hydrogen-bond donors (Lipinski definition) is 1. The van der Waals surface area contributed by atoms with Crippen molar-refractivity contribution >= 4 is 17.4 Å². The van der Waals surface area contributed by atoms with Gasteiger partial charge in [-0.2, -0.15) is 4.98 Å². The molecule has 0 saturated carbocycles. The lowest BCUT2D eigenvalue weighted by atomic mass is 10.2. The Hall–Kier alpha value is -3.89. The Kier molecular flexibility index (Phi) is 6.76. The minimum Gasteiger partial charge on any atom is -0.406 e. The summed E-state index contributed by atoms with van der Waals surface area (Å²) in [6.45, 7) is 2.12. The van der Waals surface area contributed by atoms with E-state index in [4.69, 9.17) is 10.3 Å². The molecule has 168 valence electrons. The van der Waals surface area contributed by atoms with Crippen molar-refractivity contribution in [2.75, 3.05) is 19.0 Å². The molecule has 0 amide bonds. The van der Waals surface area contributed by atoms with Crippen LogP contribution < -0.4 is 15.4 Å². The van der Waals surface area contributed by atoms with Crippen molar-refractivity contribution in [3.63, 3.8) is 0 Å². The van der Waals surface area contributed by atoms with Gasteiger partial charge in [0, 0.05) is 25.3 Å². The van der Waals surface area contributed by atoms with E-state index in [9.17, 15) is 13.2 Å². The normalized spacial score (nSPS) is 12.7. The highest BCUT2D eigenvalue weighted by Gasteiger charge is 2.31. The van der Waals surface area contributed by atoms with Gasteiger partial charge in [-0.1, -0.05) is 17.3 Å². The van der Waals surface area contributed by atoms with Crippen LogP contribution in [-0.2, 0) is 6.54 Å². The molecule has 32 heavy (non-hydrogen) atoms. The molecule has 0 unspecified atom stereocenters. The lowest BCUT2D eigenvalue weighted by molar-refractivity contribution is -0.274. The van der Waals surface area contributed by atoms with Gasteiger partial charge in [0.25, 0.3) is 5.89 Å². The summed E-state index contributed by atoms with van der Waals surface area (Å²) in [7, 11) is 3.92. The number of amidine groups is 2. The molecule has 0 spiro atoms. The van der Waals surface area contributed by atoms with Crippen LogP contribution in [0.4, 0.5) is 18.9 Å². The van der Waals surface area contributed by atoms with E-state index in [1.165, 1.54) is 12.1 Å². The van der Waals surface area contributed by atoms with Gasteiger partial charge in [0.1, 0.15) is 11.6 Å². The van der Waals surface area contributed by atoms with Crippen molar-refractivity contribution < 1.29 is 22.4 Å². The second kappa shape index (κ2) is 9.50. The van der Waals surface area contributed by atoms with E-state index in [-0.39, 0.29) is 23.3 Å². The molecular weight excluding hydrogens is 425 g/mol. The lowest BCUT2D eigenvalue weighted by Gasteiger charge is -2.12. The second-order valence-electron chi connectivity index (χ2n) is 6.92. The van der Waals surface area contributed by atoms with E-state index in [0.29, 0.717) is 17.9 Å². The fraction of sp³-hybridized carbons (Fsp3) is 0.238. The molecule has 1 aromatic heterocycles. The van der Waals surface area contributed by atoms with Crippen LogP contribution in [0.1, 0.15) is 18.4 Å². The molecule has 0 aliphatic heterocycles. The number of hydrogen-bond acceptors (Lipinski definition) is 6. The Morgan fingerprint density at radius 1 is 1.16 bits per heavy atom. The standard InChI is InChI=1S/C21H21F3N6O2/c1-13(26-12-14-5-4-6-16(11-14)30(2)3)27-18(25)20-28-19(29-32-20)15-7-9-17(10-8-15)31-21(22,23)24/h4-11H,12H2,1-3H3,(H2,25,26,27). The van der Waals surface area contributed by atoms with Crippen LogP contribution in [0.5, 0.6) is 5.75 Å². The summed E-state index contributed by atoms with van der Waals surface area (Å²) >= 11 is 0. The number of alkyl halides is 3. The van der Waals surface area contributed by atoms with Gasteiger partial charge in [-0.25, -0.2) is 4.99 Å². The zero-order valence-electron chi connectivity index (χ0n) is 17.6. The third kappa shape index (κ3) is 6.30. The number of halogens is 3. The van der Waals surface area contributed by atoms with Crippen LogP contribution in [-0.4, -0.2) is 42.3 Å². The topological polar surface area (TPSA) is 102 Å². The molecule has 0 fully saturated rings. The Labute approximate surface area is 182 Å². The number of nitrogens with zero attached hydrogens (tertiary/aromatic N) is 5. The van der Waals surface area contributed by atoms with Crippen molar-refractivity contribution in [2.24, 2.45) is 15.7 Å². The average molecular weight is 446 g/mol. The van der Waals surface area contributed by atoms with Gasteiger partial charge in [0.15, 0.2) is 5.84 Å². The molecule has 11 heteroatoms. The van der Waals surface area contributed by atoms with E-state index < -0.39 is 6.36 Å². The number of rotatable bonds is 6. The number of benzene rings is 2. The Morgan fingerprint density at radius 2 is 1.88 bits per heavy atom. The highest BCUT2D eigenvalue weighted by Crippen LogP contribution is 2.25. The van der Waals surface area contributed by atoms with Crippen LogP contribution in [0.25, 0.3) is 11.4 Å². The predicted octanol–water partition coefficient (Wildman–Crippen LogP) is 4.03. The summed E-state index contributed by atoms with van der Waals surface area (Å²) in [5, 5.41) is 3.78. The zero-order valence-corrected chi connectivity index (χ0v) is 17.6. The van der Waals surface area contributed by atoms with Gasteiger partial charge in [0.2, 0.25) is 5.82 Å². The lowest BCUT2D eigenvalue weighted by Crippen LogP contribution is -2.17. The molecule has 0 bridgehead atoms. The van der Waals surface area contributed by atoms with Crippen LogP contribution in [0, 0.1) is 0 Å². The fourth-order valence-electron chi connectivity index (χ4n) is 2.65. The first-order valence-electron chi connectivity index (χ1n) is 9.42. The van der Waals surface area contributed by atoms with Gasteiger partial charge in [-0.3, -0.25) is 4.99 Å². The summed E-state index contributed by atoms with van der Waals surface area (Å²) in [5.41, 5.74) is 8.44. The predicted molar refractivity (Wildman–Crippen MR) is 115 cm³/mol. The largest absolute Gasteiger partial charge is 0.573 e. The molecule has 0 aliphatic rings. The van der Waals surface area contributed by atoms with Crippen molar-refractivity contribution in [1.82, 2.24) is 10.1 Å². The molecule has 1 heterocycles. The average Bonchev–Trinajstić information content (AvgIpc) is 3.22. The molecular formula is C21H21F3N6O2. The SMILES string of the molecule is CC(=NCc1cccc(N(C)C)c1)N=C(N)c1nc(-c2ccc(OC(F)(F)F)cc2)no1. The van der Waals surface area contributed by atoms with Crippen LogP contribution in [0.15, 0.2) is 63.0 Å². The van der Waals surface area contributed by atoms with Crippen molar-refractivity contribution in [1.29, 1.82) is 0 Å². The molecule has 2 N–H and O–H groups in total. The number of ether oxygens (including phenoxy) is 1. The molecule has 0 aliphatic carbocycles. The van der Waals surface area contributed by atoms with E-state index in [1.54, 1.807) is 6.92 Å². The summed E-state index contributed by atoms with van der Waals surface area (Å²) < 4.78 is 45.7.